The molecule has 8 heteroatoms. The molecule has 1 aliphatic carbocycles. The maximum Gasteiger partial charge on any atom is 0.251 e. The SMILES string of the molecule is C[C@H](NC(=O)c1ccccc1)C(=O)Nc1ccc(S(=O)(=O)NC2CC2)cc1. The largest absolute Gasteiger partial charge is 0.341 e. The molecule has 0 aromatic heterocycles. The lowest BCUT2D eigenvalue weighted by Crippen LogP contribution is -2.41. The van der Waals surface area contributed by atoms with E-state index in [-0.39, 0.29) is 16.8 Å². The van der Waals surface area contributed by atoms with Crippen LogP contribution in [-0.4, -0.2) is 32.3 Å². The molecule has 3 rings (SSSR count). The molecule has 0 radical (unpaired) electrons. The van der Waals surface area contributed by atoms with Crippen LogP contribution in [0.4, 0.5) is 5.69 Å². The molecule has 0 spiro atoms. The van der Waals surface area contributed by atoms with Crippen molar-refractivity contribution in [2.45, 2.75) is 36.7 Å². The molecule has 27 heavy (non-hydrogen) atoms. The van der Waals surface area contributed by atoms with Crippen molar-refractivity contribution in [2.75, 3.05) is 5.32 Å². The molecule has 2 amide bonds. The third-order valence-electron chi connectivity index (χ3n) is 4.11. The van der Waals surface area contributed by atoms with E-state index in [1.54, 1.807) is 37.3 Å². The first-order chi connectivity index (χ1) is 12.8. The molecule has 3 N–H and O–H groups in total. The summed E-state index contributed by atoms with van der Waals surface area (Å²) in [5, 5.41) is 5.28. The van der Waals surface area contributed by atoms with Crippen LogP contribution in [0.25, 0.3) is 0 Å². The minimum absolute atomic E-state index is 0.0310. The van der Waals surface area contributed by atoms with Crippen LogP contribution in [0.5, 0.6) is 0 Å². The number of anilines is 1. The average Bonchev–Trinajstić information content (AvgIpc) is 3.46. The van der Waals surface area contributed by atoms with Crippen molar-refractivity contribution in [2.24, 2.45) is 0 Å². The highest BCUT2D eigenvalue weighted by atomic mass is 32.2. The highest BCUT2D eigenvalue weighted by Crippen LogP contribution is 2.22. The van der Waals surface area contributed by atoms with Gasteiger partial charge in [-0.05, 0) is 56.2 Å². The van der Waals surface area contributed by atoms with E-state index < -0.39 is 22.0 Å². The van der Waals surface area contributed by atoms with Crippen molar-refractivity contribution >= 4 is 27.5 Å². The number of rotatable bonds is 7. The summed E-state index contributed by atoms with van der Waals surface area (Å²) in [5.74, 6) is -0.739. The molecule has 0 bridgehead atoms. The zero-order valence-corrected chi connectivity index (χ0v) is 15.6. The van der Waals surface area contributed by atoms with E-state index in [1.165, 1.54) is 24.3 Å². The van der Waals surface area contributed by atoms with Crippen LogP contribution in [0.2, 0.25) is 0 Å². The van der Waals surface area contributed by atoms with Crippen LogP contribution >= 0.6 is 0 Å². The first-order valence-corrected chi connectivity index (χ1v) is 10.1. The van der Waals surface area contributed by atoms with Gasteiger partial charge in [0.05, 0.1) is 4.90 Å². The van der Waals surface area contributed by atoms with Crippen molar-refractivity contribution in [3.05, 3.63) is 60.2 Å². The number of carbonyl (C=O) groups excluding carboxylic acids is 2. The number of carbonyl (C=O) groups is 2. The van der Waals surface area contributed by atoms with Crippen molar-refractivity contribution in [3.63, 3.8) is 0 Å². The third kappa shape index (κ3) is 5.15. The minimum Gasteiger partial charge on any atom is -0.341 e. The van der Waals surface area contributed by atoms with E-state index >= 15 is 0 Å². The number of nitrogens with one attached hydrogen (secondary N) is 3. The van der Waals surface area contributed by atoms with Gasteiger partial charge in [0.1, 0.15) is 6.04 Å². The Bertz CT molecular complexity index is 923. The smallest absolute Gasteiger partial charge is 0.251 e. The molecule has 1 fully saturated rings. The van der Waals surface area contributed by atoms with Gasteiger partial charge in [0, 0.05) is 17.3 Å². The van der Waals surface area contributed by atoms with Gasteiger partial charge in [0.25, 0.3) is 5.91 Å². The van der Waals surface area contributed by atoms with Gasteiger partial charge in [-0.25, -0.2) is 13.1 Å². The van der Waals surface area contributed by atoms with E-state index in [1.807, 2.05) is 0 Å². The second-order valence-corrected chi connectivity index (χ2v) is 8.18. The van der Waals surface area contributed by atoms with E-state index in [9.17, 15) is 18.0 Å². The predicted octanol–water partition coefficient (Wildman–Crippen LogP) is 1.88. The minimum atomic E-state index is -3.52. The maximum absolute atomic E-state index is 12.3. The number of hydrogen-bond donors (Lipinski definition) is 3. The molecule has 1 saturated carbocycles. The van der Waals surface area contributed by atoms with Gasteiger partial charge >= 0.3 is 0 Å². The highest BCUT2D eigenvalue weighted by Gasteiger charge is 2.27. The highest BCUT2D eigenvalue weighted by molar-refractivity contribution is 7.89. The van der Waals surface area contributed by atoms with Gasteiger partial charge in [-0.3, -0.25) is 9.59 Å². The maximum atomic E-state index is 12.3. The molecular weight excluding hydrogens is 366 g/mol. The molecule has 0 saturated heterocycles. The topological polar surface area (TPSA) is 104 Å². The molecule has 7 nitrogen and oxygen atoms in total. The van der Waals surface area contributed by atoms with Gasteiger partial charge in [-0.2, -0.15) is 0 Å². The van der Waals surface area contributed by atoms with Crippen LogP contribution in [0.15, 0.2) is 59.5 Å². The Balaban J connectivity index is 1.57. The summed E-state index contributed by atoms with van der Waals surface area (Å²) >= 11 is 0. The quantitative estimate of drug-likeness (QED) is 0.675. The summed E-state index contributed by atoms with van der Waals surface area (Å²) in [6, 6.07) is 13.8. The Morgan fingerprint density at radius 3 is 2.22 bits per heavy atom. The Hall–Kier alpha value is -2.71. The number of sulfonamides is 1. The number of benzene rings is 2. The van der Waals surface area contributed by atoms with E-state index in [0.717, 1.165) is 12.8 Å². The standard InChI is InChI=1S/C19H21N3O4S/c1-13(20-19(24)14-5-3-2-4-6-14)18(23)21-15-9-11-17(12-10-15)27(25,26)22-16-7-8-16/h2-6,9-13,16,22H,7-8H2,1H3,(H,20,24)(H,21,23)/t13-/m0/s1. The zero-order chi connectivity index (χ0) is 19.4. The summed E-state index contributed by atoms with van der Waals surface area (Å²) in [6.07, 6.45) is 1.72. The lowest BCUT2D eigenvalue weighted by atomic mass is 10.2. The molecule has 2 aromatic rings. The van der Waals surface area contributed by atoms with Crippen molar-refractivity contribution in [1.82, 2.24) is 10.0 Å². The summed E-state index contributed by atoms with van der Waals surface area (Å²) in [5.41, 5.74) is 0.918. The Labute approximate surface area is 158 Å². The fourth-order valence-electron chi connectivity index (χ4n) is 2.39. The van der Waals surface area contributed by atoms with Gasteiger partial charge in [0.2, 0.25) is 15.9 Å². The van der Waals surface area contributed by atoms with Crippen LogP contribution < -0.4 is 15.4 Å². The second kappa shape index (κ2) is 7.89. The molecule has 2 aromatic carbocycles. The molecule has 142 valence electrons. The Morgan fingerprint density at radius 1 is 1.00 bits per heavy atom. The number of amides is 2. The van der Waals surface area contributed by atoms with E-state index in [2.05, 4.69) is 15.4 Å². The summed E-state index contributed by atoms with van der Waals surface area (Å²) in [7, 11) is -3.52. The van der Waals surface area contributed by atoms with Crippen LogP contribution in [-0.2, 0) is 14.8 Å². The van der Waals surface area contributed by atoms with E-state index in [4.69, 9.17) is 0 Å². The van der Waals surface area contributed by atoms with Crippen LogP contribution in [0.3, 0.4) is 0 Å². The lowest BCUT2D eigenvalue weighted by molar-refractivity contribution is -0.117. The molecule has 1 aliphatic rings. The molecule has 0 unspecified atom stereocenters. The summed E-state index contributed by atoms with van der Waals surface area (Å²) < 4.78 is 26.9. The second-order valence-electron chi connectivity index (χ2n) is 6.47. The van der Waals surface area contributed by atoms with Crippen molar-refractivity contribution in [1.29, 1.82) is 0 Å². The fraction of sp³-hybridized carbons (Fsp3) is 0.263. The van der Waals surface area contributed by atoms with Gasteiger partial charge in [-0.15, -0.1) is 0 Å². The van der Waals surface area contributed by atoms with Crippen molar-refractivity contribution < 1.29 is 18.0 Å². The molecule has 1 atom stereocenters. The van der Waals surface area contributed by atoms with Crippen LogP contribution in [0.1, 0.15) is 30.1 Å². The Kier molecular flexibility index (Phi) is 5.57. The molecule has 0 heterocycles. The summed E-state index contributed by atoms with van der Waals surface area (Å²) in [6.45, 7) is 1.58. The number of hydrogen-bond acceptors (Lipinski definition) is 4. The monoisotopic (exact) mass is 387 g/mol. The lowest BCUT2D eigenvalue weighted by Gasteiger charge is -2.14. The predicted molar refractivity (Wildman–Crippen MR) is 102 cm³/mol. The molecule has 0 aliphatic heterocycles. The normalized spacial score (nSPS) is 15.0. The molecular formula is C19H21N3O4S. The van der Waals surface area contributed by atoms with Crippen LogP contribution in [0, 0.1) is 0 Å². The zero-order valence-electron chi connectivity index (χ0n) is 14.8. The third-order valence-corrected chi connectivity index (χ3v) is 5.64. The Morgan fingerprint density at radius 2 is 1.63 bits per heavy atom. The van der Waals surface area contributed by atoms with Gasteiger partial charge in [0.15, 0.2) is 0 Å². The fourth-order valence-corrected chi connectivity index (χ4v) is 3.70. The summed E-state index contributed by atoms with van der Waals surface area (Å²) in [4.78, 5) is 24.5. The average molecular weight is 387 g/mol. The van der Waals surface area contributed by atoms with E-state index in [0.29, 0.717) is 11.3 Å². The first-order valence-electron chi connectivity index (χ1n) is 8.64. The first kappa shape index (κ1) is 19.1. The van der Waals surface area contributed by atoms with Crippen molar-refractivity contribution in [3.8, 4) is 0 Å². The van der Waals surface area contributed by atoms with Gasteiger partial charge < -0.3 is 10.6 Å². The van der Waals surface area contributed by atoms with Gasteiger partial charge in [-0.1, -0.05) is 18.2 Å².